The van der Waals surface area contributed by atoms with Gasteiger partial charge in [0.15, 0.2) is 18.1 Å². The predicted molar refractivity (Wildman–Crippen MR) is 112 cm³/mol. The molecular formula is C21H22N2O6S. The number of ether oxygens (including phenoxy) is 3. The van der Waals surface area contributed by atoms with Gasteiger partial charge in [0.05, 0.1) is 30.7 Å². The second-order valence-electron chi connectivity index (χ2n) is 6.50. The van der Waals surface area contributed by atoms with Gasteiger partial charge in [-0.05, 0) is 42.8 Å². The molecule has 1 atom stereocenters. The van der Waals surface area contributed by atoms with Crippen LogP contribution in [0.3, 0.4) is 0 Å². The van der Waals surface area contributed by atoms with Crippen molar-refractivity contribution in [3.8, 4) is 11.5 Å². The highest BCUT2D eigenvalue weighted by Gasteiger charge is 2.24. The number of rotatable bonds is 7. The largest absolute Gasteiger partial charge is 0.493 e. The molecule has 1 aliphatic rings. The second-order valence-corrected chi connectivity index (χ2v) is 7.89. The molecule has 1 heterocycles. The number of hydrogen-bond donors (Lipinski definition) is 2. The number of methoxy groups -OCH3 is 2. The van der Waals surface area contributed by atoms with Crippen LogP contribution in [0.15, 0.2) is 41.3 Å². The minimum absolute atomic E-state index is 0.118. The second kappa shape index (κ2) is 9.53. The Morgan fingerprint density at radius 2 is 1.87 bits per heavy atom. The van der Waals surface area contributed by atoms with E-state index in [1.807, 2.05) is 6.92 Å². The van der Waals surface area contributed by atoms with Crippen molar-refractivity contribution in [1.82, 2.24) is 5.32 Å². The fourth-order valence-electron chi connectivity index (χ4n) is 2.79. The topological polar surface area (TPSA) is 103 Å². The van der Waals surface area contributed by atoms with E-state index in [-0.39, 0.29) is 23.3 Å². The van der Waals surface area contributed by atoms with E-state index in [0.717, 1.165) is 10.5 Å². The first-order chi connectivity index (χ1) is 14.4. The van der Waals surface area contributed by atoms with Crippen molar-refractivity contribution < 1.29 is 28.6 Å². The summed E-state index contributed by atoms with van der Waals surface area (Å²) in [6.45, 7) is 1.64. The average Bonchev–Trinajstić information content (AvgIpc) is 2.76. The van der Waals surface area contributed by atoms with Crippen LogP contribution in [0.1, 0.15) is 22.8 Å². The zero-order valence-corrected chi connectivity index (χ0v) is 17.6. The van der Waals surface area contributed by atoms with E-state index in [9.17, 15) is 14.4 Å². The molecule has 0 spiro atoms. The molecule has 158 valence electrons. The molecule has 2 aromatic carbocycles. The van der Waals surface area contributed by atoms with Crippen LogP contribution in [-0.4, -0.2) is 43.9 Å². The molecule has 3 rings (SSSR count). The third-order valence-corrected chi connectivity index (χ3v) is 5.60. The molecule has 0 saturated carbocycles. The summed E-state index contributed by atoms with van der Waals surface area (Å²) in [5, 5.41) is 5.25. The number of carbonyl (C=O) groups is 3. The lowest BCUT2D eigenvalue weighted by Gasteiger charge is -2.21. The highest BCUT2D eigenvalue weighted by Crippen LogP contribution is 2.36. The van der Waals surface area contributed by atoms with Crippen LogP contribution in [0.4, 0.5) is 5.69 Å². The van der Waals surface area contributed by atoms with Crippen molar-refractivity contribution in [2.24, 2.45) is 0 Å². The Morgan fingerprint density at radius 3 is 2.60 bits per heavy atom. The van der Waals surface area contributed by atoms with Crippen LogP contribution in [0, 0.1) is 0 Å². The molecule has 0 fully saturated rings. The molecule has 0 saturated heterocycles. The van der Waals surface area contributed by atoms with Gasteiger partial charge in [-0.25, -0.2) is 4.79 Å². The summed E-state index contributed by atoms with van der Waals surface area (Å²) in [6.07, 6.45) is 0. The first kappa shape index (κ1) is 21.5. The van der Waals surface area contributed by atoms with Crippen molar-refractivity contribution in [2.75, 3.05) is 26.1 Å². The van der Waals surface area contributed by atoms with Crippen LogP contribution < -0.4 is 20.1 Å². The summed E-state index contributed by atoms with van der Waals surface area (Å²) < 4.78 is 15.5. The van der Waals surface area contributed by atoms with Crippen molar-refractivity contribution in [3.63, 3.8) is 0 Å². The Morgan fingerprint density at radius 1 is 1.10 bits per heavy atom. The van der Waals surface area contributed by atoms with Gasteiger partial charge < -0.3 is 24.8 Å². The number of carbonyl (C=O) groups excluding carboxylic acids is 3. The number of amides is 2. The van der Waals surface area contributed by atoms with Crippen molar-refractivity contribution in [3.05, 3.63) is 47.5 Å². The lowest BCUT2D eigenvalue weighted by atomic mass is 10.2. The van der Waals surface area contributed by atoms with Crippen LogP contribution in [0.2, 0.25) is 0 Å². The first-order valence-electron chi connectivity index (χ1n) is 9.17. The van der Waals surface area contributed by atoms with Gasteiger partial charge >= 0.3 is 5.97 Å². The molecule has 2 amide bonds. The average molecular weight is 430 g/mol. The summed E-state index contributed by atoms with van der Waals surface area (Å²) in [5.41, 5.74) is 1.64. The minimum Gasteiger partial charge on any atom is -0.493 e. The van der Waals surface area contributed by atoms with Crippen LogP contribution in [-0.2, 0) is 20.9 Å². The third-order valence-electron chi connectivity index (χ3n) is 4.42. The van der Waals surface area contributed by atoms with Gasteiger partial charge in [0.2, 0.25) is 5.91 Å². The molecule has 0 bridgehead atoms. The predicted octanol–water partition coefficient (Wildman–Crippen LogP) is 2.61. The molecule has 1 aliphatic heterocycles. The zero-order valence-electron chi connectivity index (χ0n) is 16.8. The van der Waals surface area contributed by atoms with E-state index in [1.54, 1.807) is 43.5 Å². The van der Waals surface area contributed by atoms with Gasteiger partial charge in [0.25, 0.3) is 5.91 Å². The first-order valence-corrected chi connectivity index (χ1v) is 10.1. The third kappa shape index (κ3) is 5.04. The molecule has 9 heteroatoms. The highest BCUT2D eigenvalue weighted by atomic mass is 32.2. The Balaban J connectivity index is 1.52. The molecule has 0 radical (unpaired) electrons. The van der Waals surface area contributed by atoms with Gasteiger partial charge in [-0.3, -0.25) is 9.59 Å². The molecule has 0 aromatic heterocycles. The van der Waals surface area contributed by atoms with Crippen LogP contribution in [0.25, 0.3) is 0 Å². The fourth-order valence-corrected chi connectivity index (χ4v) is 3.72. The Hall–Kier alpha value is -3.20. The quantitative estimate of drug-likeness (QED) is 0.651. The monoisotopic (exact) mass is 430 g/mol. The van der Waals surface area contributed by atoms with Gasteiger partial charge in [-0.15, -0.1) is 11.8 Å². The molecule has 2 aromatic rings. The lowest BCUT2D eigenvalue weighted by Crippen LogP contribution is -2.28. The molecule has 2 N–H and O–H groups in total. The van der Waals surface area contributed by atoms with Crippen molar-refractivity contribution in [1.29, 1.82) is 0 Å². The van der Waals surface area contributed by atoms with Crippen LogP contribution >= 0.6 is 11.8 Å². The normalized spacial score (nSPS) is 14.9. The molecule has 0 aliphatic carbocycles. The maximum absolute atomic E-state index is 12.3. The number of thioether (sulfide) groups is 1. The Labute approximate surface area is 178 Å². The minimum atomic E-state index is -0.642. The number of fused-ring (bicyclic) bond motifs is 1. The zero-order chi connectivity index (χ0) is 21.7. The van der Waals surface area contributed by atoms with E-state index in [2.05, 4.69) is 10.6 Å². The smallest absolute Gasteiger partial charge is 0.338 e. The van der Waals surface area contributed by atoms with Gasteiger partial charge in [0, 0.05) is 11.4 Å². The van der Waals surface area contributed by atoms with Gasteiger partial charge in [-0.1, -0.05) is 6.07 Å². The summed E-state index contributed by atoms with van der Waals surface area (Å²) >= 11 is 1.42. The maximum atomic E-state index is 12.3. The Bertz CT molecular complexity index is 978. The van der Waals surface area contributed by atoms with E-state index in [4.69, 9.17) is 14.2 Å². The Kier molecular flexibility index (Phi) is 6.83. The van der Waals surface area contributed by atoms with Gasteiger partial charge in [0.1, 0.15) is 0 Å². The molecule has 0 unspecified atom stereocenters. The van der Waals surface area contributed by atoms with E-state index < -0.39 is 18.5 Å². The SMILES string of the molecule is COc1ccc(CNC(=O)COC(=O)c2ccc3c(c2)NC(=O)[C@@H](C)S3)cc1OC. The van der Waals surface area contributed by atoms with Crippen LogP contribution in [0.5, 0.6) is 11.5 Å². The van der Waals surface area contributed by atoms with Crippen molar-refractivity contribution >= 4 is 35.2 Å². The maximum Gasteiger partial charge on any atom is 0.338 e. The molecule has 8 nitrogen and oxygen atoms in total. The van der Waals surface area contributed by atoms with Gasteiger partial charge in [-0.2, -0.15) is 0 Å². The summed E-state index contributed by atoms with van der Waals surface area (Å²) in [7, 11) is 3.08. The lowest BCUT2D eigenvalue weighted by molar-refractivity contribution is -0.124. The number of nitrogens with one attached hydrogen (secondary N) is 2. The number of anilines is 1. The van der Waals surface area contributed by atoms with E-state index in [1.165, 1.54) is 18.9 Å². The summed E-state index contributed by atoms with van der Waals surface area (Å²) in [6, 6.07) is 10.2. The summed E-state index contributed by atoms with van der Waals surface area (Å²) in [5.74, 6) is -0.0448. The number of benzene rings is 2. The van der Waals surface area contributed by atoms with E-state index in [0.29, 0.717) is 17.2 Å². The highest BCUT2D eigenvalue weighted by molar-refractivity contribution is 8.00. The molecule has 30 heavy (non-hydrogen) atoms. The number of hydrogen-bond acceptors (Lipinski definition) is 7. The fraction of sp³-hybridized carbons (Fsp3) is 0.286. The summed E-state index contributed by atoms with van der Waals surface area (Å²) in [4.78, 5) is 37.0. The number of esters is 1. The molecular weight excluding hydrogens is 408 g/mol. The van der Waals surface area contributed by atoms with E-state index >= 15 is 0 Å². The van der Waals surface area contributed by atoms with Crippen molar-refractivity contribution in [2.45, 2.75) is 23.6 Å². The standard InChI is InChI=1S/C21H22N2O6S/c1-12-20(25)23-15-9-14(5-7-18(15)30-12)21(26)29-11-19(24)22-10-13-4-6-16(27-2)17(8-13)28-3/h4-9,12H,10-11H2,1-3H3,(H,22,24)(H,23,25)/t12-/m1/s1.